The molecule has 33 heavy (non-hydrogen) atoms. The van der Waals surface area contributed by atoms with Crippen LogP contribution in [0.25, 0.3) is 10.9 Å². The average molecular weight is 489 g/mol. The molecule has 0 atom stereocenters. The molecular formula is C22H21ClN4O5S. The van der Waals surface area contributed by atoms with Crippen LogP contribution in [0.1, 0.15) is 21.6 Å². The zero-order valence-corrected chi connectivity index (χ0v) is 19.6. The van der Waals surface area contributed by atoms with Crippen molar-refractivity contribution in [2.45, 2.75) is 18.7 Å². The van der Waals surface area contributed by atoms with E-state index in [4.69, 9.17) is 11.6 Å². The molecule has 0 bridgehead atoms. The van der Waals surface area contributed by atoms with Crippen LogP contribution < -0.4 is 0 Å². The highest BCUT2D eigenvalue weighted by Gasteiger charge is 2.32. The number of rotatable bonds is 4. The first kappa shape index (κ1) is 23.1. The van der Waals surface area contributed by atoms with E-state index in [9.17, 15) is 23.3 Å². The Kier molecular flexibility index (Phi) is 6.08. The fourth-order valence-electron chi connectivity index (χ4n) is 3.88. The van der Waals surface area contributed by atoms with E-state index in [0.717, 1.165) is 17.0 Å². The smallest absolute Gasteiger partial charge is 0.270 e. The molecule has 0 spiro atoms. The molecule has 11 heteroatoms. The average Bonchev–Trinajstić information content (AvgIpc) is 2.78. The van der Waals surface area contributed by atoms with Crippen molar-refractivity contribution in [1.29, 1.82) is 0 Å². The lowest BCUT2D eigenvalue weighted by molar-refractivity contribution is -0.385. The number of amides is 1. The minimum Gasteiger partial charge on any atom is -0.336 e. The number of nitrogens with zero attached hydrogens (tertiary/aromatic N) is 4. The molecule has 1 aliphatic rings. The number of fused-ring (bicyclic) bond motifs is 1. The van der Waals surface area contributed by atoms with Gasteiger partial charge in [0.15, 0.2) is 0 Å². The predicted octanol–water partition coefficient (Wildman–Crippen LogP) is 3.56. The molecule has 0 unspecified atom stereocenters. The van der Waals surface area contributed by atoms with Gasteiger partial charge in [-0.05, 0) is 43.7 Å². The van der Waals surface area contributed by atoms with Crippen LogP contribution in [0.2, 0.25) is 5.02 Å². The SMILES string of the molecule is Cc1ccc([N+](=O)[O-])cc1S(=O)(=O)N1CCN(C(=O)c2cc3cc(Cl)ccc3nc2C)CC1. The van der Waals surface area contributed by atoms with E-state index in [1.807, 2.05) is 0 Å². The zero-order valence-electron chi connectivity index (χ0n) is 18.0. The Morgan fingerprint density at radius 2 is 1.76 bits per heavy atom. The van der Waals surface area contributed by atoms with E-state index in [-0.39, 0.29) is 42.7 Å². The van der Waals surface area contributed by atoms with Crippen LogP contribution in [0.3, 0.4) is 0 Å². The number of carbonyl (C=O) groups is 1. The number of benzene rings is 2. The van der Waals surface area contributed by atoms with Crippen LogP contribution in [0.5, 0.6) is 0 Å². The van der Waals surface area contributed by atoms with Gasteiger partial charge in [-0.3, -0.25) is 19.9 Å². The molecule has 1 aliphatic heterocycles. The number of carbonyl (C=O) groups excluding carboxylic acids is 1. The second-order valence-corrected chi connectivity index (χ2v) is 10.2. The topological polar surface area (TPSA) is 114 Å². The van der Waals surface area contributed by atoms with Crippen molar-refractivity contribution in [3.05, 3.63) is 74.4 Å². The summed E-state index contributed by atoms with van der Waals surface area (Å²) in [6, 6.07) is 10.8. The van der Waals surface area contributed by atoms with Gasteiger partial charge in [0.05, 0.1) is 26.6 Å². The van der Waals surface area contributed by atoms with Crippen LogP contribution in [0.15, 0.2) is 47.4 Å². The van der Waals surface area contributed by atoms with Crippen LogP contribution in [0, 0.1) is 24.0 Å². The number of aromatic nitrogens is 1. The first-order valence-electron chi connectivity index (χ1n) is 10.2. The third kappa shape index (κ3) is 4.41. The molecule has 9 nitrogen and oxygen atoms in total. The number of hydrogen-bond donors (Lipinski definition) is 0. The van der Waals surface area contributed by atoms with Gasteiger partial charge in [-0.1, -0.05) is 17.7 Å². The van der Waals surface area contributed by atoms with Crippen LogP contribution in [-0.2, 0) is 10.0 Å². The molecule has 2 aromatic carbocycles. The summed E-state index contributed by atoms with van der Waals surface area (Å²) in [5.74, 6) is -0.231. The lowest BCUT2D eigenvalue weighted by atomic mass is 10.1. The highest BCUT2D eigenvalue weighted by molar-refractivity contribution is 7.89. The van der Waals surface area contributed by atoms with Crippen molar-refractivity contribution in [2.75, 3.05) is 26.2 Å². The van der Waals surface area contributed by atoms with E-state index >= 15 is 0 Å². The Balaban J connectivity index is 1.54. The minimum absolute atomic E-state index is 0.0854. The Hall–Kier alpha value is -3.08. The number of piperazine rings is 1. The van der Waals surface area contributed by atoms with Gasteiger partial charge in [0.1, 0.15) is 0 Å². The number of sulfonamides is 1. The molecule has 0 aliphatic carbocycles. The van der Waals surface area contributed by atoms with E-state index in [1.54, 1.807) is 43.0 Å². The number of pyridine rings is 1. The highest BCUT2D eigenvalue weighted by Crippen LogP contribution is 2.26. The van der Waals surface area contributed by atoms with Crippen molar-refractivity contribution < 1.29 is 18.1 Å². The lowest BCUT2D eigenvalue weighted by Crippen LogP contribution is -2.50. The van der Waals surface area contributed by atoms with Gasteiger partial charge < -0.3 is 4.90 Å². The summed E-state index contributed by atoms with van der Waals surface area (Å²) in [6.45, 7) is 3.91. The summed E-state index contributed by atoms with van der Waals surface area (Å²) in [5.41, 5.74) is 1.90. The highest BCUT2D eigenvalue weighted by atomic mass is 35.5. The fourth-order valence-corrected chi connectivity index (χ4v) is 5.73. The lowest BCUT2D eigenvalue weighted by Gasteiger charge is -2.34. The number of aryl methyl sites for hydroxylation is 2. The van der Waals surface area contributed by atoms with Crippen molar-refractivity contribution >= 4 is 44.1 Å². The predicted molar refractivity (Wildman–Crippen MR) is 124 cm³/mol. The van der Waals surface area contributed by atoms with Crippen molar-refractivity contribution in [1.82, 2.24) is 14.2 Å². The normalized spacial score (nSPS) is 15.1. The van der Waals surface area contributed by atoms with Crippen LogP contribution in [0.4, 0.5) is 5.69 Å². The zero-order chi connectivity index (χ0) is 23.9. The van der Waals surface area contributed by atoms with Gasteiger partial charge in [0.2, 0.25) is 10.0 Å². The molecule has 4 rings (SSSR count). The number of hydrogen-bond acceptors (Lipinski definition) is 6. The summed E-state index contributed by atoms with van der Waals surface area (Å²) < 4.78 is 27.5. The molecule has 1 amide bonds. The molecule has 172 valence electrons. The first-order chi connectivity index (χ1) is 15.6. The monoisotopic (exact) mass is 488 g/mol. The molecule has 3 aromatic rings. The van der Waals surface area contributed by atoms with Gasteiger partial charge in [-0.15, -0.1) is 0 Å². The standard InChI is InChI=1S/C22H21ClN4O5S/c1-14-3-5-18(27(29)30)13-21(14)33(31,32)26-9-7-25(8-10-26)22(28)19-12-16-11-17(23)4-6-20(16)24-15(19)2/h3-6,11-13H,7-10H2,1-2H3. The molecule has 1 aromatic heterocycles. The minimum atomic E-state index is -3.94. The second-order valence-electron chi connectivity index (χ2n) is 7.86. The number of nitro groups is 1. The summed E-state index contributed by atoms with van der Waals surface area (Å²) in [6.07, 6.45) is 0. The van der Waals surface area contributed by atoms with Gasteiger partial charge >= 0.3 is 0 Å². The Morgan fingerprint density at radius 1 is 1.06 bits per heavy atom. The summed E-state index contributed by atoms with van der Waals surface area (Å²) >= 11 is 6.06. The Labute approximate surface area is 195 Å². The van der Waals surface area contributed by atoms with E-state index in [1.165, 1.54) is 16.4 Å². The first-order valence-corrected chi connectivity index (χ1v) is 12.0. The summed E-state index contributed by atoms with van der Waals surface area (Å²) in [7, 11) is -3.94. The molecule has 0 N–H and O–H groups in total. The second kappa shape index (κ2) is 8.69. The van der Waals surface area contributed by atoms with E-state index in [0.29, 0.717) is 21.8 Å². The van der Waals surface area contributed by atoms with Gasteiger partial charge in [0, 0.05) is 48.7 Å². The molecule has 1 fully saturated rings. The van der Waals surface area contributed by atoms with Crippen molar-refractivity contribution in [3.8, 4) is 0 Å². The van der Waals surface area contributed by atoms with E-state index < -0.39 is 14.9 Å². The van der Waals surface area contributed by atoms with Crippen LogP contribution in [-0.4, -0.2) is 59.6 Å². The number of nitro benzene ring substituents is 1. The summed E-state index contributed by atoms with van der Waals surface area (Å²) in [4.78, 5) is 29.6. The molecular weight excluding hydrogens is 468 g/mol. The quantitative estimate of drug-likeness (QED) is 0.409. The maximum absolute atomic E-state index is 13.2. The molecule has 0 saturated carbocycles. The number of halogens is 1. The third-order valence-electron chi connectivity index (χ3n) is 5.72. The van der Waals surface area contributed by atoms with Gasteiger partial charge in [-0.25, -0.2) is 8.42 Å². The molecule has 0 radical (unpaired) electrons. The van der Waals surface area contributed by atoms with E-state index in [2.05, 4.69) is 4.98 Å². The Bertz CT molecular complexity index is 1390. The van der Waals surface area contributed by atoms with Gasteiger partial charge in [0.25, 0.3) is 11.6 Å². The maximum Gasteiger partial charge on any atom is 0.270 e. The van der Waals surface area contributed by atoms with Crippen molar-refractivity contribution in [2.24, 2.45) is 0 Å². The van der Waals surface area contributed by atoms with Crippen molar-refractivity contribution in [3.63, 3.8) is 0 Å². The summed E-state index contributed by atoms with van der Waals surface area (Å²) in [5, 5.41) is 12.4. The number of non-ortho nitro benzene ring substituents is 1. The maximum atomic E-state index is 13.2. The fraction of sp³-hybridized carbons (Fsp3) is 0.273. The molecule has 1 saturated heterocycles. The Morgan fingerprint density at radius 3 is 2.42 bits per heavy atom. The van der Waals surface area contributed by atoms with Crippen LogP contribution >= 0.6 is 11.6 Å². The third-order valence-corrected chi connectivity index (χ3v) is 8.00. The van der Waals surface area contributed by atoms with Gasteiger partial charge in [-0.2, -0.15) is 4.31 Å². The largest absolute Gasteiger partial charge is 0.336 e. The molecule has 2 heterocycles.